The summed E-state index contributed by atoms with van der Waals surface area (Å²) in [4.78, 5) is 5.67. The second kappa shape index (κ2) is 5.76. The third-order valence-corrected chi connectivity index (χ3v) is 4.39. The molecule has 0 aliphatic rings. The number of hydrogen-bond donors (Lipinski definition) is 1. The van der Waals surface area contributed by atoms with Gasteiger partial charge >= 0.3 is 0 Å². The van der Waals surface area contributed by atoms with Crippen LogP contribution in [0.4, 0.5) is 4.39 Å². The Labute approximate surface area is 127 Å². The van der Waals surface area contributed by atoms with Crippen LogP contribution < -0.4 is 5.73 Å². The zero-order valence-electron chi connectivity index (χ0n) is 11.6. The molecule has 2 N–H and O–H groups in total. The highest BCUT2D eigenvalue weighted by atomic mass is 32.1. The second-order valence-corrected chi connectivity index (χ2v) is 6.09. The smallest absolute Gasteiger partial charge is 0.123 e. The zero-order chi connectivity index (χ0) is 14.8. The second-order valence-electron chi connectivity index (χ2n) is 4.86. The molecule has 0 amide bonds. The normalized spacial score (nSPS) is 12.3. The number of halogens is 1. The number of rotatable bonds is 3. The van der Waals surface area contributed by atoms with Crippen molar-refractivity contribution >= 4 is 11.3 Å². The van der Waals surface area contributed by atoms with Crippen LogP contribution in [0.15, 0.2) is 54.6 Å². The van der Waals surface area contributed by atoms with Crippen LogP contribution in [0.2, 0.25) is 0 Å². The number of nitrogens with two attached hydrogens (primary N) is 1. The predicted octanol–water partition coefficient (Wildman–Crippen LogP) is 4.31. The zero-order valence-corrected chi connectivity index (χ0v) is 12.4. The highest BCUT2D eigenvalue weighted by Crippen LogP contribution is 2.32. The fraction of sp³-hybridized carbons (Fsp3) is 0.118. The Hall–Kier alpha value is -2.04. The molecule has 0 bridgehead atoms. The molecule has 0 radical (unpaired) electrons. The van der Waals surface area contributed by atoms with Gasteiger partial charge in [0.2, 0.25) is 0 Å². The highest BCUT2D eigenvalue weighted by Gasteiger charge is 2.16. The maximum atomic E-state index is 13.4. The van der Waals surface area contributed by atoms with Gasteiger partial charge in [0.1, 0.15) is 10.8 Å². The average Bonchev–Trinajstić information content (AvgIpc) is 2.89. The Morgan fingerprint density at radius 1 is 1.10 bits per heavy atom. The van der Waals surface area contributed by atoms with E-state index in [1.54, 1.807) is 17.4 Å². The van der Waals surface area contributed by atoms with Crippen LogP contribution in [0.5, 0.6) is 0 Å². The average molecular weight is 298 g/mol. The lowest BCUT2D eigenvalue weighted by molar-refractivity contribution is 0.628. The van der Waals surface area contributed by atoms with Gasteiger partial charge < -0.3 is 5.73 Å². The van der Waals surface area contributed by atoms with Crippen LogP contribution >= 0.6 is 11.3 Å². The Bertz CT molecular complexity index is 752. The Kier molecular flexibility index (Phi) is 3.82. The standard InChI is InChI=1S/C17H15FN2S/c1-11-16(13-8-5-9-14(18)10-13)20-17(21-11)15(19)12-6-3-2-4-7-12/h2-10,15H,19H2,1H3. The van der Waals surface area contributed by atoms with Crippen molar-refractivity contribution in [2.75, 3.05) is 0 Å². The Morgan fingerprint density at radius 2 is 1.86 bits per heavy atom. The molecule has 0 aliphatic carbocycles. The van der Waals surface area contributed by atoms with Crippen molar-refractivity contribution in [2.45, 2.75) is 13.0 Å². The van der Waals surface area contributed by atoms with Crippen molar-refractivity contribution in [1.29, 1.82) is 0 Å². The summed E-state index contributed by atoms with van der Waals surface area (Å²) in [7, 11) is 0. The fourth-order valence-corrected chi connectivity index (χ4v) is 3.23. The van der Waals surface area contributed by atoms with E-state index in [1.807, 2.05) is 43.3 Å². The van der Waals surface area contributed by atoms with Crippen LogP contribution in [-0.4, -0.2) is 4.98 Å². The van der Waals surface area contributed by atoms with E-state index in [0.717, 1.165) is 26.7 Å². The summed E-state index contributed by atoms with van der Waals surface area (Å²) in [6.45, 7) is 1.99. The summed E-state index contributed by atoms with van der Waals surface area (Å²) < 4.78 is 13.4. The molecule has 2 aromatic carbocycles. The van der Waals surface area contributed by atoms with Gasteiger partial charge in [0, 0.05) is 10.4 Å². The van der Waals surface area contributed by atoms with Crippen molar-refractivity contribution in [2.24, 2.45) is 5.73 Å². The number of thiazole rings is 1. The van der Waals surface area contributed by atoms with E-state index >= 15 is 0 Å². The molecule has 3 rings (SSSR count). The molecule has 0 saturated carbocycles. The van der Waals surface area contributed by atoms with Crippen LogP contribution in [0.3, 0.4) is 0 Å². The first-order valence-corrected chi connectivity index (χ1v) is 7.50. The molecular weight excluding hydrogens is 283 g/mol. The predicted molar refractivity (Wildman–Crippen MR) is 84.7 cm³/mol. The molecule has 4 heteroatoms. The van der Waals surface area contributed by atoms with Gasteiger partial charge in [-0.05, 0) is 24.6 Å². The van der Waals surface area contributed by atoms with Crippen molar-refractivity contribution in [3.63, 3.8) is 0 Å². The van der Waals surface area contributed by atoms with E-state index in [1.165, 1.54) is 12.1 Å². The van der Waals surface area contributed by atoms with Gasteiger partial charge in [-0.1, -0.05) is 42.5 Å². The summed E-state index contributed by atoms with van der Waals surface area (Å²) in [5, 5.41) is 0.845. The van der Waals surface area contributed by atoms with E-state index in [9.17, 15) is 4.39 Å². The number of aromatic nitrogens is 1. The molecule has 3 aromatic rings. The van der Waals surface area contributed by atoms with Crippen molar-refractivity contribution in [3.8, 4) is 11.3 Å². The minimum Gasteiger partial charge on any atom is -0.318 e. The van der Waals surface area contributed by atoms with E-state index in [4.69, 9.17) is 5.73 Å². The number of aryl methyl sites for hydroxylation is 1. The molecule has 21 heavy (non-hydrogen) atoms. The molecule has 0 saturated heterocycles. The third kappa shape index (κ3) is 2.86. The highest BCUT2D eigenvalue weighted by molar-refractivity contribution is 7.12. The lowest BCUT2D eigenvalue weighted by Crippen LogP contribution is -2.11. The van der Waals surface area contributed by atoms with Crippen molar-refractivity contribution in [1.82, 2.24) is 4.98 Å². The van der Waals surface area contributed by atoms with E-state index < -0.39 is 0 Å². The molecule has 2 nitrogen and oxygen atoms in total. The lowest BCUT2D eigenvalue weighted by atomic mass is 10.1. The van der Waals surface area contributed by atoms with Gasteiger partial charge in [-0.15, -0.1) is 11.3 Å². The van der Waals surface area contributed by atoms with Crippen LogP contribution in [0.25, 0.3) is 11.3 Å². The maximum Gasteiger partial charge on any atom is 0.123 e. The SMILES string of the molecule is Cc1sc(C(N)c2ccccc2)nc1-c1cccc(F)c1. The number of nitrogens with zero attached hydrogens (tertiary/aromatic N) is 1. The molecule has 106 valence electrons. The van der Waals surface area contributed by atoms with Crippen molar-refractivity contribution < 1.29 is 4.39 Å². The number of hydrogen-bond acceptors (Lipinski definition) is 3. The van der Waals surface area contributed by atoms with Gasteiger partial charge in [0.15, 0.2) is 0 Å². The minimum absolute atomic E-state index is 0.253. The molecule has 1 heterocycles. The first-order chi connectivity index (χ1) is 10.1. The molecular formula is C17H15FN2S. The topological polar surface area (TPSA) is 38.9 Å². The number of benzene rings is 2. The van der Waals surface area contributed by atoms with E-state index in [0.29, 0.717) is 0 Å². The van der Waals surface area contributed by atoms with Gasteiger partial charge in [-0.25, -0.2) is 9.37 Å². The first kappa shape index (κ1) is 13.9. The molecule has 1 atom stereocenters. The molecule has 0 aliphatic heterocycles. The Balaban J connectivity index is 1.98. The first-order valence-electron chi connectivity index (χ1n) is 6.69. The van der Waals surface area contributed by atoms with Crippen LogP contribution in [-0.2, 0) is 0 Å². The van der Waals surface area contributed by atoms with E-state index in [2.05, 4.69) is 4.98 Å². The fourth-order valence-electron chi connectivity index (χ4n) is 2.26. The summed E-state index contributed by atoms with van der Waals surface area (Å²) in [5.41, 5.74) is 8.90. The maximum absolute atomic E-state index is 13.4. The third-order valence-electron chi connectivity index (χ3n) is 3.34. The van der Waals surface area contributed by atoms with E-state index in [-0.39, 0.29) is 11.9 Å². The Morgan fingerprint density at radius 3 is 2.57 bits per heavy atom. The van der Waals surface area contributed by atoms with Crippen LogP contribution in [0, 0.1) is 12.7 Å². The van der Waals surface area contributed by atoms with Crippen LogP contribution in [0.1, 0.15) is 21.5 Å². The molecule has 1 unspecified atom stereocenters. The summed E-state index contributed by atoms with van der Waals surface area (Å²) in [5.74, 6) is -0.256. The summed E-state index contributed by atoms with van der Waals surface area (Å²) in [6, 6.07) is 16.1. The molecule has 0 fully saturated rings. The largest absolute Gasteiger partial charge is 0.318 e. The molecule has 1 aromatic heterocycles. The van der Waals surface area contributed by atoms with Gasteiger partial charge in [-0.2, -0.15) is 0 Å². The monoisotopic (exact) mass is 298 g/mol. The van der Waals surface area contributed by atoms with Gasteiger partial charge in [0.25, 0.3) is 0 Å². The van der Waals surface area contributed by atoms with Crippen molar-refractivity contribution in [3.05, 3.63) is 75.9 Å². The van der Waals surface area contributed by atoms with Gasteiger partial charge in [-0.3, -0.25) is 0 Å². The minimum atomic E-state index is -0.256. The van der Waals surface area contributed by atoms with Gasteiger partial charge in [0.05, 0.1) is 11.7 Å². The lowest BCUT2D eigenvalue weighted by Gasteiger charge is -2.08. The quantitative estimate of drug-likeness (QED) is 0.782. The summed E-state index contributed by atoms with van der Waals surface area (Å²) in [6.07, 6.45) is 0. The molecule has 0 spiro atoms. The summed E-state index contributed by atoms with van der Waals surface area (Å²) >= 11 is 1.56.